The van der Waals surface area contributed by atoms with Gasteiger partial charge >= 0.3 is 0 Å². The van der Waals surface area contributed by atoms with Crippen molar-refractivity contribution in [3.8, 4) is 0 Å². The minimum Gasteiger partial charge on any atom is -0.306 e. The second-order valence-electron chi connectivity index (χ2n) is 7.98. The van der Waals surface area contributed by atoms with Crippen LogP contribution in [0.2, 0.25) is 0 Å². The lowest BCUT2D eigenvalue weighted by Gasteiger charge is -2.26. The van der Waals surface area contributed by atoms with Crippen molar-refractivity contribution in [3.05, 3.63) is 101 Å². The van der Waals surface area contributed by atoms with Crippen molar-refractivity contribution in [2.45, 2.75) is 13.3 Å². The Morgan fingerprint density at radius 2 is 1.97 bits per heavy atom. The number of aromatic nitrogens is 2. The summed E-state index contributed by atoms with van der Waals surface area (Å²) < 4.78 is 2.02. The van der Waals surface area contributed by atoms with Crippen molar-refractivity contribution in [1.29, 1.82) is 0 Å². The van der Waals surface area contributed by atoms with Crippen LogP contribution in [-0.4, -0.2) is 45.2 Å². The topological polar surface area (TPSA) is 40.9 Å². The van der Waals surface area contributed by atoms with Crippen LogP contribution >= 0.6 is 0 Å². The van der Waals surface area contributed by atoms with Crippen LogP contribution in [0, 0.1) is 6.92 Å². The third kappa shape index (κ3) is 3.48. The number of rotatable bonds is 2. The van der Waals surface area contributed by atoms with Gasteiger partial charge in [-0.2, -0.15) is 0 Å². The molecule has 0 atom stereocenters. The van der Waals surface area contributed by atoms with Crippen LogP contribution in [0.4, 0.5) is 0 Å². The molecule has 1 amide bonds. The number of hydrogen-bond acceptors (Lipinski definition) is 3. The fraction of sp³-hybridized carbons (Fsp3) is 0.200. The standard InChI is InChI=1S/C25H24N4O/c1-18-15-28-16-21(7-9-24(28)26-18)22-6-8-23-5-3-4-20(14-25(30)29(23)17-22)19-10-12-27(2)13-11-19/h3-10,14-17H,11-13H2,1-2H3/b4-3+,20-14+,23-5+. The maximum absolute atomic E-state index is 13.2. The lowest BCUT2D eigenvalue weighted by molar-refractivity contribution is -0.122. The summed E-state index contributed by atoms with van der Waals surface area (Å²) >= 11 is 0. The third-order valence-electron chi connectivity index (χ3n) is 5.73. The summed E-state index contributed by atoms with van der Waals surface area (Å²) in [6, 6.07) is 4.05. The van der Waals surface area contributed by atoms with Gasteiger partial charge in [0.1, 0.15) is 5.65 Å². The van der Waals surface area contributed by atoms with Gasteiger partial charge in [-0.15, -0.1) is 0 Å². The van der Waals surface area contributed by atoms with E-state index in [-0.39, 0.29) is 5.91 Å². The minimum atomic E-state index is -0.0261. The first-order chi connectivity index (χ1) is 14.6. The molecule has 5 heteroatoms. The molecule has 0 aromatic carbocycles. The first kappa shape index (κ1) is 18.6. The maximum atomic E-state index is 13.2. The number of carbonyl (C=O) groups is 1. The molecule has 2 aromatic rings. The Morgan fingerprint density at radius 1 is 1.07 bits per heavy atom. The number of pyridine rings is 1. The van der Waals surface area contributed by atoms with E-state index < -0.39 is 0 Å². The van der Waals surface area contributed by atoms with Crippen molar-refractivity contribution in [2.24, 2.45) is 0 Å². The molecule has 150 valence electrons. The van der Waals surface area contributed by atoms with Crippen LogP contribution < -0.4 is 0 Å². The lowest BCUT2D eigenvalue weighted by Crippen LogP contribution is -2.27. The number of likely N-dealkylation sites (N-methyl/N-ethyl adjacent to an activating group) is 1. The zero-order valence-corrected chi connectivity index (χ0v) is 17.2. The number of allylic oxidation sites excluding steroid dienone is 7. The van der Waals surface area contributed by atoms with Crippen LogP contribution in [0.5, 0.6) is 0 Å². The first-order valence-electron chi connectivity index (χ1n) is 10.2. The van der Waals surface area contributed by atoms with Gasteiger partial charge in [-0.25, -0.2) is 4.98 Å². The van der Waals surface area contributed by atoms with Crippen molar-refractivity contribution in [1.82, 2.24) is 19.2 Å². The summed E-state index contributed by atoms with van der Waals surface area (Å²) in [6.45, 7) is 3.92. The van der Waals surface area contributed by atoms with Gasteiger partial charge in [0.25, 0.3) is 5.91 Å². The lowest BCUT2D eigenvalue weighted by atomic mass is 9.97. The molecule has 0 saturated carbocycles. The zero-order chi connectivity index (χ0) is 20.7. The molecule has 30 heavy (non-hydrogen) atoms. The molecule has 3 aliphatic rings. The Bertz CT molecular complexity index is 1220. The second-order valence-corrected chi connectivity index (χ2v) is 7.98. The van der Waals surface area contributed by atoms with E-state index in [0.717, 1.165) is 53.3 Å². The summed E-state index contributed by atoms with van der Waals surface area (Å²) in [4.78, 5) is 21.7. The highest BCUT2D eigenvalue weighted by molar-refractivity contribution is 5.95. The van der Waals surface area contributed by atoms with Crippen LogP contribution in [0.1, 0.15) is 17.7 Å². The summed E-state index contributed by atoms with van der Waals surface area (Å²) in [5, 5.41) is 0. The Kier molecular flexibility index (Phi) is 4.60. The van der Waals surface area contributed by atoms with Gasteiger partial charge < -0.3 is 9.30 Å². The van der Waals surface area contributed by atoms with E-state index in [1.165, 1.54) is 5.57 Å². The molecule has 0 fully saturated rings. The molecule has 0 N–H and O–H groups in total. The van der Waals surface area contributed by atoms with Crippen molar-refractivity contribution in [2.75, 3.05) is 20.1 Å². The number of aryl methyl sites for hydroxylation is 1. The van der Waals surface area contributed by atoms with Gasteiger partial charge in [0.2, 0.25) is 0 Å². The molecular weight excluding hydrogens is 372 g/mol. The summed E-state index contributed by atoms with van der Waals surface area (Å²) in [5.74, 6) is -0.0261. The average molecular weight is 396 g/mol. The van der Waals surface area contributed by atoms with Gasteiger partial charge in [-0.3, -0.25) is 9.69 Å². The molecule has 3 aliphatic heterocycles. The largest absolute Gasteiger partial charge is 0.306 e. The number of imidazole rings is 1. The molecule has 5 rings (SSSR count). The molecule has 0 spiro atoms. The highest BCUT2D eigenvalue weighted by atomic mass is 16.2. The average Bonchev–Trinajstić information content (AvgIpc) is 3.11. The smallest absolute Gasteiger partial charge is 0.255 e. The highest BCUT2D eigenvalue weighted by Crippen LogP contribution is 2.28. The molecule has 0 radical (unpaired) electrons. The van der Waals surface area contributed by atoms with E-state index in [9.17, 15) is 4.79 Å². The van der Waals surface area contributed by atoms with Crippen LogP contribution in [0.25, 0.3) is 11.2 Å². The molecule has 2 aromatic heterocycles. The Balaban J connectivity index is 1.49. The number of nitrogens with zero attached hydrogens (tertiary/aromatic N) is 4. The normalized spacial score (nSPS) is 24.2. The van der Waals surface area contributed by atoms with E-state index in [0.29, 0.717) is 0 Å². The van der Waals surface area contributed by atoms with Gasteiger partial charge in [-0.05, 0) is 67.0 Å². The molecule has 0 saturated heterocycles. The number of carbonyl (C=O) groups excluding carboxylic acids is 1. The minimum absolute atomic E-state index is 0.0261. The zero-order valence-electron chi connectivity index (χ0n) is 17.2. The quantitative estimate of drug-likeness (QED) is 0.770. The summed E-state index contributed by atoms with van der Waals surface area (Å²) in [6.07, 6.45) is 21.0. The SMILES string of the molecule is Cc1cn2cc(C3=CN4C(=O)\C=C(C5=CCN(C)CC5)/C=C/C=C/4C=C3)ccc2n1. The number of amides is 1. The predicted molar refractivity (Wildman–Crippen MR) is 119 cm³/mol. The fourth-order valence-corrected chi connectivity index (χ4v) is 4.03. The van der Waals surface area contributed by atoms with E-state index in [1.54, 1.807) is 11.0 Å². The van der Waals surface area contributed by atoms with Gasteiger partial charge in [0.15, 0.2) is 0 Å². The van der Waals surface area contributed by atoms with Crippen molar-refractivity contribution >= 4 is 17.1 Å². The van der Waals surface area contributed by atoms with Crippen molar-refractivity contribution < 1.29 is 4.79 Å². The van der Waals surface area contributed by atoms with Gasteiger partial charge in [0.05, 0.1) is 5.69 Å². The molecule has 5 heterocycles. The summed E-state index contributed by atoms with van der Waals surface area (Å²) in [7, 11) is 2.12. The Hall–Kier alpha value is -3.44. The number of hydrogen-bond donors (Lipinski definition) is 0. The Labute approximate surface area is 176 Å². The maximum Gasteiger partial charge on any atom is 0.255 e. The van der Waals surface area contributed by atoms with Crippen LogP contribution in [0.3, 0.4) is 0 Å². The second kappa shape index (κ2) is 7.43. The predicted octanol–water partition coefficient (Wildman–Crippen LogP) is 4.02. The van der Waals surface area contributed by atoms with Gasteiger partial charge in [0, 0.05) is 43.5 Å². The van der Waals surface area contributed by atoms with E-state index in [1.807, 2.05) is 60.2 Å². The monoisotopic (exact) mass is 396 g/mol. The summed E-state index contributed by atoms with van der Waals surface area (Å²) in [5.41, 5.74) is 7.05. The van der Waals surface area contributed by atoms with Gasteiger partial charge in [-0.1, -0.05) is 24.3 Å². The van der Waals surface area contributed by atoms with E-state index in [2.05, 4.69) is 35.3 Å². The van der Waals surface area contributed by atoms with Crippen LogP contribution in [0.15, 0.2) is 90.1 Å². The Morgan fingerprint density at radius 3 is 2.80 bits per heavy atom. The third-order valence-corrected chi connectivity index (χ3v) is 5.73. The number of fused-ring (bicyclic) bond motifs is 2. The highest BCUT2D eigenvalue weighted by Gasteiger charge is 2.20. The molecule has 0 bridgehead atoms. The molecule has 0 unspecified atom stereocenters. The molecule has 5 nitrogen and oxygen atoms in total. The van der Waals surface area contributed by atoms with E-state index >= 15 is 0 Å². The molecular formula is C25H24N4O. The first-order valence-corrected chi connectivity index (χ1v) is 10.2. The fourth-order valence-electron chi connectivity index (χ4n) is 4.03. The van der Waals surface area contributed by atoms with Crippen LogP contribution in [-0.2, 0) is 4.79 Å². The molecule has 0 aliphatic carbocycles. The van der Waals surface area contributed by atoms with E-state index in [4.69, 9.17) is 0 Å². The van der Waals surface area contributed by atoms with Crippen molar-refractivity contribution in [3.63, 3.8) is 0 Å².